The number of ether oxygens (including phenoxy) is 1. The van der Waals surface area contributed by atoms with Crippen LogP contribution in [0.4, 0.5) is 0 Å². The van der Waals surface area contributed by atoms with Crippen LogP contribution in [0.1, 0.15) is 51.1 Å². The molecule has 1 aromatic heterocycles. The van der Waals surface area contributed by atoms with Gasteiger partial charge in [-0.1, -0.05) is 12.8 Å². The fourth-order valence-electron chi connectivity index (χ4n) is 3.81. The first kappa shape index (κ1) is 17.4. The van der Waals surface area contributed by atoms with Crippen LogP contribution < -0.4 is 5.32 Å². The van der Waals surface area contributed by atoms with Crippen molar-refractivity contribution in [2.45, 2.75) is 70.7 Å². The van der Waals surface area contributed by atoms with Gasteiger partial charge < -0.3 is 15.0 Å². The Bertz CT molecular complexity index is 557. The Morgan fingerprint density at radius 1 is 1.42 bits per heavy atom. The Balaban J connectivity index is 1.52. The molecule has 0 spiro atoms. The molecule has 1 amide bonds. The number of nitrogens with one attached hydrogen (secondary N) is 1. The molecular weight excluding hydrogens is 304 g/mol. The van der Waals surface area contributed by atoms with E-state index in [1.54, 1.807) is 0 Å². The molecule has 2 aliphatic rings. The van der Waals surface area contributed by atoms with E-state index in [1.165, 1.54) is 12.8 Å². The minimum Gasteiger partial charge on any atom is -0.374 e. The van der Waals surface area contributed by atoms with Crippen LogP contribution >= 0.6 is 0 Å². The maximum absolute atomic E-state index is 12.7. The zero-order chi connectivity index (χ0) is 17.1. The molecule has 1 saturated heterocycles. The minimum absolute atomic E-state index is 0.177. The molecule has 3 rings (SSSR count). The van der Waals surface area contributed by atoms with Gasteiger partial charge >= 0.3 is 0 Å². The summed E-state index contributed by atoms with van der Waals surface area (Å²) >= 11 is 0. The largest absolute Gasteiger partial charge is 0.374 e. The normalized spacial score (nSPS) is 26.7. The SMILES string of the molecule is Cc1cnn([C@H](C)[C@H](C)NCC(=O)N2CCO[C@H]3CCCC[C@@H]32)c1. The van der Waals surface area contributed by atoms with Crippen LogP contribution in [-0.4, -0.2) is 58.5 Å². The number of amides is 1. The van der Waals surface area contributed by atoms with Crippen LogP contribution in [0.2, 0.25) is 0 Å². The molecule has 4 atom stereocenters. The Hall–Kier alpha value is -1.40. The van der Waals surface area contributed by atoms with Gasteiger partial charge in [0.05, 0.1) is 37.5 Å². The van der Waals surface area contributed by atoms with Gasteiger partial charge in [-0.3, -0.25) is 9.48 Å². The van der Waals surface area contributed by atoms with Crippen molar-refractivity contribution >= 4 is 5.91 Å². The second-order valence-electron chi connectivity index (χ2n) is 7.26. The summed E-state index contributed by atoms with van der Waals surface area (Å²) in [5.74, 6) is 0.200. The summed E-state index contributed by atoms with van der Waals surface area (Å²) in [5, 5.41) is 7.76. The molecule has 0 bridgehead atoms. The Labute approximate surface area is 144 Å². The fourth-order valence-corrected chi connectivity index (χ4v) is 3.81. The van der Waals surface area contributed by atoms with Crippen molar-refractivity contribution < 1.29 is 9.53 Å². The number of morpholine rings is 1. The summed E-state index contributed by atoms with van der Waals surface area (Å²) in [5.41, 5.74) is 1.15. The number of aromatic nitrogens is 2. The number of nitrogens with zero attached hydrogens (tertiary/aromatic N) is 3. The maximum Gasteiger partial charge on any atom is 0.236 e. The molecule has 24 heavy (non-hydrogen) atoms. The van der Waals surface area contributed by atoms with E-state index in [4.69, 9.17) is 4.74 Å². The fraction of sp³-hybridized carbons (Fsp3) is 0.778. The van der Waals surface area contributed by atoms with Crippen molar-refractivity contribution in [2.75, 3.05) is 19.7 Å². The van der Waals surface area contributed by atoms with E-state index >= 15 is 0 Å². The van der Waals surface area contributed by atoms with Crippen LogP contribution in [0.3, 0.4) is 0 Å². The first-order chi connectivity index (χ1) is 11.6. The molecule has 0 radical (unpaired) electrons. The summed E-state index contributed by atoms with van der Waals surface area (Å²) in [6, 6.07) is 0.665. The average Bonchev–Trinajstić information content (AvgIpc) is 3.04. The summed E-state index contributed by atoms with van der Waals surface area (Å²) in [6.07, 6.45) is 8.75. The summed E-state index contributed by atoms with van der Waals surface area (Å²) in [4.78, 5) is 14.8. The molecule has 2 fully saturated rings. The van der Waals surface area contributed by atoms with Gasteiger partial charge in [-0.25, -0.2) is 0 Å². The first-order valence-electron chi connectivity index (χ1n) is 9.21. The Morgan fingerprint density at radius 3 is 2.96 bits per heavy atom. The Kier molecular flexibility index (Phi) is 5.56. The standard InChI is InChI=1S/C18H30N4O2/c1-13-10-20-22(12-13)15(3)14(2)19-11-18(23)21-8-9-24-17-7-5-4-6-16(17)21/h10,12,14-17,19H,4-9,11H2,1-3H3/t14-,15+,16-,17-/m0/s1. The highest BCUT2D eigenvalue weighted by atomic mass is 16.5. The third kappa shape index (κ3) is 3.81. The van der Waals surface area contributed by atoms with Gasteiger partial charge in [-0.15, -0.1) is 0 Å². The molecule has 6 heteroatoms. The molecule has 1 aliphatic carbocycles. The predicted molar refractivity (Wildman–Crippen MR) is 92.8 cm³/mol. The van der Waals surface area contributed by atoms with E-state index in [0.29, 0.717) is 13.2 Å². The summed E-state index contributed by atoms with van der Waals surface area (Å²) < 4.78 is 7.82. The van der Waals surface area contributed by atoms with Gasteiger partial charge in [0.15, 0.2) is 0 Å². The zero-order valence-electron chi connectivity index (χ0n) is 15.1. The van der Waals surface area contributed by atoms with Crippen LogP contribution in [0.5, 0.6) is 0 Å². The van der Waals surface area contributed by atoms with Crippen LogP contribution in [0.15, 0.2) is 12.4 Å². The van der Waals surface area contributed by atoms with Crippen LogP contribution in [0, 0.1) is 6.92 Å². The highest BCUT2D eigenvalue weighted by molar-refractivity contribution is 5.78. The van der Waals surface area contributed by atoms with E-state index in [2.05, 4.69) is 29.2 Å². The number of rotatable bonds is 5. The van der Waals surface area contributed by atoms with E-state index in [-0.39, 0.29) is 30.1 Å². The average molecular weight is 334 g/mol. The van der Waals surface area contributed by atoms with Gasteiger partial charge in [0, 0.05) is 18.8 Å². The smallest absolute Gasteiger partial charge is 0.236 e. The quantitative estimate of drug-likeness (QED) is 0.893. The highest BCUT2D eigenvalue weighted by Crippen LogP contribution is 2.28. The van der Waals surface area contributed by atoms with Crippen molar-refractivity contribution in [1.82, 2.24) is 20.0 Å². The van der Waals surface area contributed by atoms with E-state index in [9.17, 15) is 4.79 Å². The molecule has 1 saturated carbocycles. The number of carbonyl (C=O) groups excluding carboxylic acids is 1. The third-order valence-electron chi connectivity index (χ3n) is 5.50. The zero-order valence-corrected chi connectivity index (χ0v) is 15.1. The lowest BCUT2D eigenvalue weighted by atomic mass is 9.90. The van der Waals surface area contributed by atoms with Crippen LogP contribution in [0.25, 0.3) is 0 Å². The molecule has 1 aromatic rings. The van der Waals surface area contributed by atoms with Gasteiger partial charge in [-0.05, 0) is 39.2 Å². The molecule has 1 N–H and O–H groups in total. The number of carbonyl (C=O) groups is 1. The Morgan fingerprint density at radius 2 is 2.21 bits per heavy atom. The van der Waals surface area contributed by atoms with Gasteiger partial charge in [0.1, 0.15) is 0 Å². The lowest BCUT2D eigenvalue weighted by molar-refractivity contribution is -0.148. The third-order valence-corrected chi connectivity index (χ3v) is 5.50. The predicted octanol–water partition coefficient (Wildman–Crippen LogP) is 1.90. The van der Waals surface area contributed by atoms with Crippen molar-refractivity contribution in [1.29, 1.82) is 0 Å². The molecule has 6 nitrogen and oxygen atoms in total. The topological polar surface area (TPSA) is 59.4 Å². The van der Waals surface area contributed by atoms with Gasteiger partial charge in [0.2, 0.25) is 5.91 Å². The molecule has 0 aromatic carbocycles. The number of hydrogen-bond donors (Lipinski definition) is 1. The minimum atomic E-state index is 0.177. The molecule has 2 heterocycles. The summed E-state index contributed by atoms with van der Waals surface area (Å²) in [7, 11) is 0. The lowest BCUT2D eigenvalue weighted by Gasteiger charge is -2.44. The molecule has 134 valence electrons. The number of aryl methyl sites for hydroxylation is 1. The van der Waals surface area contributed by atoms with Gasteiger partial charge in [0.25, 0.3) is 0 Å². The second kappa shape index (κ2) is 7.66. The molecular formula is C18H30N4O2. The number of hydrogen-bond acceptors (Lipinski definition) is 4. The second-order valence-corrected chi connectivity index (χ2v) is 7.26. The van der Waals surface area contributed by atoms with Crippen LogP contribution in [-0.2, 0) is 9.53 Å². The van der Waals surface area contributed by atoms with E-state index < -0.39 is 0 Å². The molecule has 0 unspecified atom stereocenters. The maximum atomic E-state index is 12.7. The van der Waals surface area contributed by atoms with E-state index in [0.717, 1.165) is 24.9 Å². The van der Waals surface area contributed by atoms with Gasteiger partial charge in [-0.2, -0.15) is 5.10 Å². The lowest BCUT2D eigenvalue weighted by Crippen LogP contribution is -2.57. The first-order valence-corrected chi connectivity index (χ1v) is 9.21. The molecule has 1 aliphatic heterocycles. The van der Waals surface area contributed by atoms with E-state index in [1.807, 2.05) is 24.0 Å². The summed E-state index contributed by atoms with van der Waals surface area (Å²) in [6.45, 7) is 8.05. The highest BCUT2D eigenvalue weighted by Gasteiger charge is 2.36. The monoisotopic (exact) mass is 334 g/mol. The number of fused-ring (bicyclic) bond motifs is 1. The van der Waals surface area contributed by atoms with Crippen molar-refractivity contribution in [3.63, 3.8) is 0 Å². The van der Waals surface area contributed by atoms with Crippen molar-refractivity contribution in [3.8, 4) is 0 Å². The van der Waals surface area contributed by atoms with Crippen molar-refractivity contribution in [2.24, 2.45) is 0 Å². The van der Waals surface area contributed by atoms with Crippen molar-refractivity contribution in [3.05, 3.63) is 18.0 Å².